The van der Waals surface area contributed by atoms with Crippen molar-refractivity contribution in [1.29, 1.82) is 0 Å². The number of carbonyl (C=O) groups excluding carboxylic acids is 1. The summed E-state index contributed by atoms with van der Waals surface area (Å²) in [5.74, 6) is -1.62. The molecular weight excluding hydrogens is 148 g/mol. The van der Waals surface area contributed by atoms with Gasteiger partial charge in [0.2, 0.25) is 0 Å². The molecule has 1 aliphatic rings. The first-order chi connectivity index (χ1) is 5.07. The minimum atomic E-state index is -1.45. The molecule has 0 spiro atoms. The summed E-state index contributed by atoms with van der Waals surface area (Å²) in [7, 11) is 0. The van der Waals surface area contributed by atoms with Crippen LogP contribution in [0.3, 0.4) is 0 Å². The monoisotopic (exact) mass is 158 g/mol. The largest absolute Gasteiger partial charge is 0.479 e. The fourth-order valence-corrected chi connectivity index (χ4v) is 0.918. The van der Waals surface area contributed by atoms with Crippen LogP contribution in [0.2, 0.25) is 0 Å². The topological polar surface area (TPSA) is 78.4 Å². The summed E-state index contributed by atoms with van der Waals surface area (Å²) >= 11 is 0. The summed E-state index contributed by atoms with van der Waals surface area (Å²) in [5, 5.41) is 13.7. The van der Waals surface area contributed by atoms with Crippen LogP contribution in [-0.2, 0) is 9.59 Å². The van der Waals surface area contributed by atoms with E-state index in [4.69, 9.17) is 5.11 Å². The highest BCUT2D eigenvalue weighted by Gasteiger charge is 2.42. The summed E-state index contributed by atoms with van der Waals surface area (Å²) in [4.78, 5) is 21.6. The van der Waals surface area contributed by atoms with Gasteiger partial charge in [-0.15, -0.1) is 0 Å². The quantitative estimate of drug-likeness (QED) is 0.408. The van der Waals surface area contributed by atoms with Crippen molar-refractivity contribution in [2.75, 3.05) is 13.1 Å². The Labute approximate surface area is 63.8 Å². The van der Waals surface area contributed by atoms with Gasteiger partial charge >= 0.3 is 5.97 Å². The molecule has 1 heterocycles. The van der Waals surface area contributed by atoms with Crippen LogP contribution in [-0.4, -0.2) is 35.6 Å². The summed E-state index contributed by atoms with van der Waals surface area (Å²) in [6.45, 7) is 2.33. The van der Waals surface area contributed by atoms with Crippen LogP contribution in [0.1, 0.15) is 6.92 Å². The van der Waals surface area contributed by atoms with Gasteiger partial charge < -0.3 is 10.4 Å². The first kappa shape index (κ1) is 8.00. The van der Waals surface area contributed by atoms with Crippen molar-refractivity contribution in [3.63, 3.8) is 0 Å². The van der Waals surface area contributed by atoms with E-state index in [9.17, 15) is 9.59 Å². The summed E-state index contributed by atoms with van der Waals surface area (Å²) < 4.78 is 0. The van der Waals surface area contributed by atoms with Gasteiger partial charge in [-0.1, -0.05) is 0 Å². The molecule has 5 nitrogen and oxygen atoms in total. The molecule has 5 heteroatoms. The Morgan fingerprint density at radius 1 is 1.64 bits per heavy atom. The van der Waals surface area contributed by atoms with E-state index in [1.807, 2.05) is 0 Å². The van der Waals surface area contributed by atoms with Crippen molar-refractivity contribution < 1.29 is 14.7 Å². The third-order valence-corrected chi connectivity index (χ3v) is 1.77. The zero-order chi connectivity index (χ0) is 8.48. The standard InChI is InChI=1S/C6H10N2O3/c1-6(5(10)11)4(9)7-2-3-8-6/h8H,2-3H2,1H3,(H,7,9)(H,10,11). The fraction of sp³-hybridized carbons (Fsp3) is 0.667. The molecule has 1 amide bonds. The minimum absolute atomic E-state index is 0.476. The number of nitrogens with one attached hydrogen (secondary N) is 2. The number of piperazine rings is 1. The molecule has 11 heavy (non-hydrogen) atoms. The van der Waals surface area contributed by atoms with E-state index >= 15 is 0 Å². The zero-order valence-corrected chi connectivity index (χ0v) is 6.18. The fourth-order valence-electron chi connectivity index (χ4n) is 0.918. The highest BCUT2D eigenvalue weighted by Crippen LogP contribution is 2.05. The van der Waals surface area contributed by atoms with E-state index in [0.717, 1.165) is 0 Å². The summed E-state index contributed by atoms with van der Waals surface area (Å²) in [6, 6.07) is 0. The number of carboxylic acid groups (broad SMARTS) is 1. The molecular formula is C6H10N2O3. The number of amides is 1. The van der Waals surface area contributed by atoms with Crippen molar-refractivity contribution in [3.8, 4) is 0 Å². The molecule has 0 bridgehead atoms. The van der Waals surface area contributed by atoms with Gasteiger partial charge in [-0.05, 0) is 6.92 Å². The second-order valence-corrected chi connectivity index (χ2v) is 2.61. The van der Waals surface area contributed by atoms with Gasteiger partial charge in [0.15, 0.2) is 5.54 Å². The average molecular weight is 158 g/mol. The lowest BCUT2D eigenvalue weighted by Crippen LogP contribution is -2.65. The number of carboxylic acids is 1. The second kappa shape index (κ2) is 2.50. The third-order valence-electron chi connectivity index (χ3n) is 1.77. The lowest BCUT2D eigenvalue weighted by molar-refractivity contribution is -0.151. The van der Waals surface area contributed by atoms with Gasteiger partial charge in [0, 0.05) is 13.1 Å². The van der Waals surface area contributed by atoms with Gasteiger partial charge in [-0.3, -0.25) is 10.1 Å². The highest BCUT2D eigenvalue weighted by molar-refractivity contribution is 6.06. The number of hydrogen-bond acceptors (Lipinski definition) is 3. The van der Waals surface area contributed by atoms with Gasteiger partial charge in [-0.2, -0.15) is 0 Å². The minimum Gasteiger partial charge on any atom is -0.479 e. The van der Waals surface area contributed by atoms with Crippen LogP contribution in [0.4, 0.5) is 0 Å². The molecule has 1 unspecified atom stereocenters. The van der Waals surface area contributed by atoms with Crippen LogP contribution in [0, 0.1) is 0 Å². The third kappa shape index (κ3) is 1.19. The number of aliphatic carboxylic acids is 1. The molecule has 0 aromatic heterocycles. The van der Waals surface area contributed by atoms with Gasteiger partial charge in [0.25, 0.3) is 5.91 Å². The molecule has 1 fully saturated rings. The van der Waals surface area contributed by atoms with Crippen LogP contribution in [0.25, 0.3) is 0 Å². The maximum absolute atomic E-state index is 11.0. The second-order valence-electron chi connectivity index (χ2n) is 2.61. The summed E-state index contributed by atoms with van der Waals surface area (Å²) in [6.07, 6.45) is 0. The molecule has 1 saturated heterocycles. The number of hydrogen-bond donors (Lipinski definition) is 3. The smallest absolute Gasteiger partial charge is 0.333 e. The SMILES string of the molecule is CC1(C(=O)O)NCCNC1=O. The van der Waals surface area contributed by atoms with Crippen LogP contribution < -0.4 is 10.6 Å². The summed E-state index contributed by atoms with van der Waals surface area (Å²) in [5.41, 5.74) is -1.45. The number of carbonyl (C=O) groups is 2. The first-order valence-corrected chi connectivity index (χ1v) is 3.34. The molecule has 0 aromatic rings. The van der Waals surface area contributed by atoms with Crippen molar-refractivity contribution in [3.05, 3.63) is 0 Å². The maximum Gasteiger partial charge on any atom is 0.333 e. The molecule has 1 atom stereocenters. The average Bonchev–Trinajstić information content (AvgIpc) is 1.95. The Balaban J connectivity index is 2.81. The molecule has 1 aliphatic heterocycles. The lowest BCUT2D eigenvalue weighted by atomic mass is 10.00. The number of rotatable bonds is 1. The maximum atomic E-state index is 11.0. The zero-order valence-electron chi connectivity index (χ0n) is 6.18. The molecule has 0 aromatic carbocycles. The van der Waals surface area contributed by atoms with E-state index in [-0.39, 0.29) is 0 Å². The Morgan fingerprint density at radius 3 is 2.64 bits per heavy atom. The van der Waals surface area contributed by atoms with Crippen molar-refractivity contribution in [2.24, 2.45) is 0 Å². The lowest BCUT2D eigenvalue weighted by Gasteiger charge is -2.29. The Morgan fingerprint density at radius 2 is 2.27 bits per heavy atom. The Bertz CT molecular complexity index is 204. The molecule has 1 rings (SSSR count). The van der Waals surface area contributed by atoms with Crippen LogP contribution >= 0.6 is 0 Å². The van der Waals surface area contributed by atoms with E-state index in [1.54, 1.807) is 0 Å². The van der Waals surface area contributed by atoms with Gasteiger partial charge in [-0.25, -0.2) is 4.79 Å². The van der Waals surface area contributed by atoms with E-state index in [1.165, 1.54) is 6.92 Å². The van der Waals surface area contributed by atoms with Crippen molar-refractivity contribution >= 4 is 11.9 Å². The molecule has 3 N–H and O–H groups in total. The van der Waals surface area contributed by atoms with Crippen molar-refractivity contribution in [1.82, 2.24) is 10.6 Å². The van der Waals surface area contributed by atoms with Gasteiger partial charge in [0.1, 0.15) is 0 Å². The Kier molecular flexibility index (Phi) is 1.82. The molecule has 0 saturated carbocycles. The predicted octanol–water partition coefficient (Wildman–Crippen LogP) is -1.45. The molecule has 62 valence electrons. The highest BCUT2D eigenvalue weighted by atomic mass is 16.4. The Hall–Kier alpha value is -1.10. The van der Waals surface area contributed by atoms with Gasteiger partial charge in [0.05, 0.1) is 0 Å². The van der Waals surface area contributed by atoms with E-state index < -0.39 is 17.4 Å². The normalized spacial score (nSPS) is 31.2. The molecule has 0 aliphatic carbocycles. The van der Waals surface area contributed by atoms with E-state index in [0.29, 0.717) is 13.1 Å². The van der Waals surface area contributed by atoms with E-state index in [2.05, 4.69) is 10.6 Å². The van der Waals surface area contributed by atoms with Crippen LogP contribution in [0.15, 0.2) is 0 Å². The first-order valence-electron chi connectivity index (χ1n) is 3.34. The predicted molar refractivity (Wildman–Crippen MR) is 37.1 cm³/mol. The molecule has 0 radical (unpaired) electrons. The van der Waals surface area contributed by atoms with Crippen molar-refractivity contribution in [2.45, 2.75) is 12.5 Å². The van der Waals surface area contributed by atoms with Crippen LogP contribution in [0.5, 0.6) is 0 Å².